The molecule has 7 heteroatoms. The fourth-order valence-corrected chi connectivity index (χ4v) is 8.34. The summed E-state index contributed by atoms with van der Waals surface area (Å²) in [6.07, 6.45) is 0. The Morgan fingerprint density at radius 2 is 1.05 bits per heavy atom. The molecule has 0 saturated heterocycles. The number of fused-ring (bicyclic) bond motifs is 6. The van der Waals surface area contributed by atoms with Crippen LogP contribution in [0.5, 0.6) is 0 Å². The topological polar surface area (TPSA) is 104 Å². The summed E-state index contributed by atoms with van der Waals surface area (Å²) in [5.41, 5.74) is 11.5. The Labute approximate surface area is 344 Å². The van der Waals surface area contributed by atoms with E-state index in [4.69, 9.17) is 19.4 Å². The highest BCUT2D eigenvalue weighted by Crippen LogP contribution is 2.42. The van der Waals surface area contributed by atoms with Crippen molar-refractivity contribution in [3.8, 4) is 74.2 Å². The first-order valence-corrected chi connectivity index (χ1v) is 19.6. The van der Waals surface area contributed by atoms with Gasteiger partial charge in [-0.2, -0.15) is 10.5 Å². The molecule has 0 bridgehead atoms. The number of para-hydroxylation sites is 3. The SMILES string of the molecule is N#Cc1ccc(-c2ccc3c(c2)c2ccccc2n3-c2ccc(-c3cccc4c3oc3ccccc34)cc2-c2nc(-c3ccccc3)nc(-c3ccccc3)n2)c(C#N)c1. The predicted octanol–water partition coefficient (Wildman–Crippen LogP) is 12.9. The Balaban J connectivity index is 1.20. The molecule has 0 unspecified atom stereocenters. The monoisotopic (exact) mass is 766 g/mol. The lowest BCUT2D eigenvalue weighted by Crippen LogP contribution is -2.04. The van der Waals surface area contributed by atoms with Crippen LogP contribution in [0.25, 0.3) is 106 Å². The average Bonchev–Trinajstić information content (AvgIpc) is 3.87. The van der Waals surface area contributed by atoms with Crippen molar-refractivity contribution in [1.29, 1.82) is 10.5 Å². The summed E-state index contributed by atoms with van der Waals surface area (Å²) in [7, 11) is 0. The van der Waals surface area contributed by atoms with Crippen molar-refractivity contribution in [2.75, 3.05) is 0 Å². The average molecular weight is 767 g/mol. The lowest BCUT2D eigenvalue weighted by Gasteiger charge is -2.16. The van der Waals surface area contributed by atoms with E-state index in [1.54, 1.807) is 12.1 Å². The molecule has 3 heterocycles. The van der Waals surface area contributed by atoms with Crippen molar-refractivity contribution in [2.24, 2.45) is 0 Å². The zero-order valence-corrected chi connectivity index (χ0v) is 31.9. The van der Waals surface area contributed by atoms with Crippen LogP contribution in [-0.4, -0.2) is 19.5 Å². The second kappa shape index (κ2) is 14.1. The molecule has 11 rings (SSSR count). The lowest BCUT2D eigenvalue weighted by atomic mass is 9.97. The number of benzene rings is 8. The van der Waals surface area contributed by atoms with Gasteiger partial charge < -0.3 is 8.98 Å². The molecule has 60 heavy (non-hydrogen) atoms. The van der Waals surface area contributed by atoms with Gasteiger partial charge in [-0.3, -0.25) is 0 Å². The van der Waals surface area contributed by atoms with E-state index in [1.807, 2.05) is 103 Å². The fourth-order valence-electron chi connectivity index (χ4n) is 8.34. The van der Waals surface area contributed by atoms with Crippen LogP contribution < -0.4 is 0 Å². The van der Waals surface area contributed by atoms with E-state index >= 15 is 0 Å². The smallest absolute Gasteiger partial charge is 0.166 e. The lowest BCUT2D eigenvalue weighted by molar-refractivity contribution is 0.670. The zero-order chi connectivity index (χ0) is 40.2. The van der Waals surface area contributed by atoms with E-state index in [-0.39, 0.29) is 0 Å². The normalized spacial score (nSPS) is 11.3. The number of rotatable bonds is 6. The van der Waals surface area contributed by atoms with Crippen LogP contribution in [0.1, 0.15) is 11.1 Å². The molecule has 0 amide bonds. The molecule has 0 atom stereocenters. The van der Waals surface area contributed by atoms with Gasteiger partial charge in [0.25, 0.3) is 0 Å². The Morgan fingerprint density at radius 1 is 0.417 bits per heavy atom. The minimum Gasteiger partial charge on any atom is -0.455 e. The molecule has 8 aromatic carbocycles. The van der Waals surface area contributed by atoms with Crippen molar-refractivity contribution < 1.29 is 4.42 Å². The van der Waals surface area contributed by atoms with E-state index in [9.17, 15) is 10.5 Å². The largest absolute Gasteiger partial charge is 0.455 e. The molecule has 0 aliphatic rings. The molecule has 0 spiro atoms. The summed E-state index contributed by atoms with van der Waals surface area (Å²) < 4.78 is 8.82. The van der Waals surface area contributed by atoms with Gasteiger partial charge in [0.05, 0.1) is 40.0 Å². The van der Waals surface area contributed by atoms with Crippen LogP contribution in [0.2, 0.25) is 0 Å². The molecule has 278 valence electrons. The summed E-state index contributed by atoms with van der Waals surface area (Å²) in [4.78, 5) is 15.5. The molecule has 0 radical (unpaired) electrons. The minimum atomic E-state index is 0.449. The Hall–Kier alpha value is -8.65. The quantitative estimate of drug-likeness (QED) is 0.167. The number of aromatic nitrogens is 4. The first-order valence-electron chi connectivity index (χ1n) is 19.6. The van der Waals surface area contributed by atoms with Crippen molar-refractivity contribution in [3.05, 3.63) is 193 Å². The Morgan fingerprint density at radius 3 is 1.80 bits per heavy atom. The number of nitriles is 2. The van der Waals surface area contributed by atoms with Gasteiger partial charge in [0.2, 0.25) is 0 Å². The third-order valence-corrected chi connectivity index (χ3v) is 11.1. The van der Waals surface area contributed by atoms with Crippen molar-refractivity contribution in [1.82, 2.24) is 19.5 Å². The summed E-state index contributed by atoms with van der Waals surface area (Å²) in [6, 6.07) is 65.2. The van der Waals surface area contributed by atoms with Gasteiger partial charge in [0, 0.05) is 43.8 Å². The van der Waals surface area contributed by atoms with Gasteiger partial charge >= 0.3 is 0 Å². The van der Waals surface area contributed by atoms with Crippen LogP contribution in [0.4, 0.5) is 0 Å². The summed E-state index contributed by atoms with van der Waals surface area (Å²) in [5.74, 6) is 1.66. The van der Waals surface area contributed by atoms with E-state index < -0.39 is 0 Å². The summed E-state index contributed by atoms with van der Waals surface area (Å²) >= 11 is 0. The van der Waals surface area contributed by atoms with Crippen molar-refractivity contribution >= 4 is 43.7 Å². The highest BCUT2D eigenvalue weighted by Gasteiger charge is 2.22. The van der Waals surface area contributed by atoms with E-state index in [1.165, 1.54) is 0 Å². The molecule has 3 aromatic heterocycles. The molecule has 0 saturated carbocycles. The molecule has 0 N–H and O–H groups in total. The van der Waals surface area contributed by atoms with Crippen molar-refractivity contribution in [3.63, 3.8) is 0 Å². The van der Waals surface area contributed by atoms with Crippen molar-refractivity contribution in [2.45, 2.75) is 0 Å². The molecule has 11 aromatic rings. The molecule has 0 aliphatic carbocycles. The highest BCUT2D eigenvalue weighted by molar-refractivity contribution is 6.12. The van der Waals surface area contributed by atoms with Gasteiger partial charge in [-0.1, -0.05) is 133 Å². The van der Waals surface area contributed by atoms with Crippen LogP contribution in [0, 0.1) is 22.7 Å². The standard InChI is InChI=1S/C53H30N6O/c54-31-33-22-25-39(38(28-33)32-55)36-23-26-47-44(29-36)41-16-7-9-20-46(41)59(47)48-27-24-37(40-18-11-19-43-42-17-8-10-21-49(42)60-50(40)43)30-45(48)53-57-51(34-12-3-1-4-13-34)56-52(58-53)35-14-5-2-6-15-35/h1-30H. The number of nitrogens with zero attached hydrogens (tertiary/aromatic N) is 6. The maximum Gasteiger partial charge on any atom is 0.166 e. The van der Waals surface area contributed by atoms with Gasteiger partial charge in [-0.25, -0.2) is 15.0 Å². The number of furan rings is 1. The number of hydrogen-bond acceptors (Lipinski definition) is 6. The molecule has 7 nitrogen and oxygen atoms in total. The van der Waals surface area contributed by atoms with E-state index in [0.29, 0.717) is 28.6 Å². The van der Waals surface area contributed by atoms with Gasteiger partial charge in [0.15, 0.2) is 17.5 Å². The minimum absolute atomic E-state index is 0.449. The first-order chi connectivity index (χ1) is 29.6. The van der Waals surface area contributed by atoms with Crippen LogP contribution in [0.3, 0.4) is 0 Å². The third-order valence-electron chi connectivity index (χ3n) is 11.1. The van der Waals surface area contributed by atoms with Gasteiger partial charge in [0.1, 0.15) is 11.2 Å². The number of hydrogen-bond donors (Lipinski definition) is 0. The molecular weight excluding hydrogens is 737 g/mol. The predicted molar refractivity (Wildman–Crippen MR) is 238 cm³/mol. The highest BCUT2D eigenvalue weighted by atomic mass is 16.3. The molecule has 0 fully saturated rings. The Bertz CT molecular complexity index is 3520. The summed E-state index contributed by atoms with van der Waals surface area (Å²) in [6.45, 7) is 0. The first kappa shape index (κ1) is 34.6. The van der Waals surface area contributed by atoms with E-state index in [0.717, 1.165) is 88.4 Å². The van der Waals surface area contributed by atoms with Crippen LogP contribution >= 0.6 is 0 Å². The van der Waals surface area contributed by atoms with Crippen LogP contribution in [0.15, 0.2) is 186 Å². The van der Waals surface area contributed by atoms with E-state index in [2.05, 4.69) is 83.4 Å². The van der Waals surface area contributed by atoms with Gasteiger partial charge in [-0.15, -0.1) is 0 Å². The second-order valence-electron chi connectivity index (χ2n) is 14.6. The zero-order valence-electron chi connectivity index (χ0n) is 31.9. The van der Waals surface area contributed by atoms with Crippen LogP contribution in [-0.2, 0) is 0 Å². The fraction of sp³-hybridized carbons (Fsp3) is 0. The Kier molecular flexibility index (Phi) is 8.11. The molecule has 0 aliphatic heterocycles. The maximum atomic E-state index is 10.1. The summed E-state index contributed by atoms with van der Waals surface area (Å²) in [5, 5.41) is 23.8. The third kappa shape index (κ3) is 5.69. The second-order valence-corrected chi connectivity index (χ2v) is 14.6. The maximum absolute atomic E-state index is 10.1. The van der Waals surface area contributed by atoms with Gasteiger partial charge in [-0.05, 0) is 65.2 Å². The molecular formula is C53H30N6O.